The van der Waals surface area contributed by atoms with Gasteiger partial charge in [-0.2, -0.15) is 0 Å². The SMILES string of the molecule is CC1CCC(NC(=O)Cc2c(F)cccc2F)CN1. The number of hydrogen-bond donors (Lipinski definition) is 2. The molecule has 0 aromatic heterocycles. The van der Waals surface area contributed by atoms with Crippen LogP contribution >= 0.6 is 0 Å². The van der Waals surface area contributed by atoms with Gasteiger partial charge in [0.2, 0.25) is 5.91 Å². The molecule has 1 aliphatic heterocycles. The van der Waals surface area contributed by atoms with E-state index < -0.39 is 11.6 Å². The van der Waals surface area contributed by atoms with Crippen LogP contribution in [-0.4, -0.2) is 24.5 Å². The van der Waals surface area contributed by atoms with E-state index in [-0.39, 0.29) is 23.9 Å². The third kappa shape index (κ3) is 3.73. The van der Waals surface area contributed by atoms with Gasteiger partial charge in [0.15, 0.2) is 0 Å². The van der Waals surface area contributed by atoms with Gasteiger partial charge in [-0.05, 0) is 31.9 Å². The van der Waals surface area contributed by atoms with Crippen LogP contribution in [0.25, 0.3) is 0 Å². The number of carbonyl (C=O) groups is 1. The molecule has 1 aromatic carbocycles. The standard InChI is InChI=1S/C14H18F2N2O/c1-9-5-6-10(8-17-9)18-14(19)7-11-12(15)3-2-4-13(11)16/h2-4,9-10,17H,5-8H2,1H3,(H,18,19). The fourth-order valence-corrected chi connectivity index (χ4v) is 2.26. The van der Waals surface area contributed by atoms with E-state index in [9.17, 15) is 13.6 Å². The van der Waals surface area contributed by atoms with Crippen molar-refractivity contribution in [1.82, 2.24) is 10.6 Å². The third-order valence-corrected chi connectivity index (χ3v) is 3.42. The molecular formula is C14H18F2N2O. The van der Waals surface area contributed by atoms with Crippen LogP contribution in [0.3, 0.4) is 0 Å². The molecule has 0 aliphatic carbocycles. The molecule has 2 N–H and O–H groups in total. The van der Waals surface area contributed by atoms with Crippen molar-refractivity contribution in [3.8, 4) is 0 Å². The van der Waals surface area contributed by atoms with Crippen LogP contribution in [-0.2, 0) is 11.2 Å². The van der Waals surface area contributed by atoms with E-state index in [1.807, 2.05) is 0 Å². The van der Waals surface area contributed by atoms with E-state index in [2.05, 4.69) is 17.6 Å². The van der Waals surface area contributed by atoms with Gasteiger partial charge in [0.1, 0.15) is 11.6 Å². The summed E-state index contributed by atoms with van der Waals surface area (Å²) in [5.41, 5.74) is -0.169. The second kappa shape index (κ2) is 6.10. The fourth-order valence-electron chi connectivity index (χ4n) is 2.26. The van der Waals surface area contributed by atoms with Crippen LogP contribution in [0.4, 0.5) is 8.78 Å². The molecule has 1 saturated heterocycles. The first-order valence-electron chi connectivity index (χ1n) is 6.52. The molecule has 0 saturated carbocycles. The van der Waals surface area contributed by atoms with Gasteiger partial charge < -0.3 is 10.6 Å². The highest BCUT2D eigenvalue weighted by atomic mass is 19.1. The summed E-state index contributed by atoms with van der Waals surface area (Å²) in [5.74, 6) is -1.69. The third-order valence-electron chi connectivity index (χ3n) is 3.42. The second-order valence-electron chi connectivity index (χ2n) is 5.03. The Hall–Kier alpha value is -1.49. The maximum Gasteiger partial charge on any atom is 0.224 e. The lowest BCUT2D eigenvalue weighted by molar-refractivity contribution is -0.121. The van der Waals surface area contributed by atoms with Gasteiger partial charge in [0.05, 0.1) is 6.42 Å². The Bertz CT molecular complexity index is 437. The Morgan fingerprint density at radius 2 is 2.05 bits per heavy atom. The molecule has 2 atom stereocenters. The van der Waals surface area contributed by atoms with Gasteiger partial charge in [0, 0.05) is 24.2 Å². The van der Waals surface area contributed by atoms with Gasteiger partial charge in [0.25, 0.3) is 0 Å². The lowest BCUT2D eigenvalue weighted by Crippen LogP contribution is -2.49. The van der Waals surface area contributed by atoms with Crippen LogP contribution in [0.5, 0.6) is 0 Å². The number of benzene rings is 1. The molecule has 2 rings (SSSR count). The number of nitrogens with one attached hydrogen (secondary N) is 2. The molecule has 104 valence electrons. The molecule has 2 unspecified atom stereocenters. The molecule has 0 spiro atoms. The first kappa shape index (κ1) is 13.9. The largest absolute Gasteiger partial charge is 0.352 e. The number of amides is 1. The van der Waals surface area contributed by atoms with Crippen LogP contribution in [0.15, 0.2) is 18.2 Å². The van der Waals surface area contributed by atoms with Crippen LogP contribution in [0.1, 0.15) is 25.3 Å². The Morgan fingerprint density at radius 3 is 2.63 bits per heavy atom. The van der Waals surface area contributed by atoms with Crippen molar-refractivity contribution >= 4 is 5.91 Å². The predicted molar refractivity (Wildman–Crippen MR) is 68.7 cm³/mol. The summed E-state index contributed by atoms with van der Waals surface area (Å²) in [5, 5.41) is 6.07. The molecular weight excluding hydrogens is 250 g/mol. The summed E-state index contributed by atoms with van der Waals surface area (Å²) in [4.78, 5) is 11.8. The van der Waals surface area contributed by atoms with E-state index >= 15 is 0 Å². The van der Waals surface area contributed by atoms with E-state index in [1.165, 1.54) is 6.07 Å². The van der Waals surface area contributed by atoms with Gasteiger partial charge in [-0.3, -0.25) is 4.79 Å². The molecule has 1 fully saturated rings. The summed E-state index contributed by atoms with van der Waals surface area (Å²) < 4.78 is 26.8. The van der Waals surface area contributed by atoms with Crippen molar-refractivity contribution < 1.29 is 13.6 Å². The Balaban J connectivity index is 1.91. The number of halogens is 2. The van der Waals surface area contributed by atoms with Crippen molar-refractivity contribution in [2.75, 3.05) is 6.54 Å². The second-order valence-corrected chi connectivity index (χ2v) is 5.03. The van der Waals surface area contributed by atoms with Gasteiger partial charge in [-0.15, -0.1) is 0 Å². The van der Waals surface area contributed by atoms with Crippen LogP contribution in [0.2, 0.25) is 0 Å². The molecule has 1 aromatic rings. The highest BCUT2D eigenvalue weighted by Gasteiger charge is 2.20. The van der Waals surface area contributed by atoms with E-state index in [0.717, 1.165) is 25.0 Å². The molecule has 19 heavy (non-hydrogen) atoms. The van der Waals surface area contributed by atoms with E-state index in [0.29, 0.717) is 12.6 Å². The number of hydrogen-bond acceptors (Lipinski definition) is 2. The zero-order valence-electron chi connectivity index (χ0n) is 10.9. The molecule has 5 heteroatoms. The zero-order valence-corrected chi connectivity index (χ0v) is 10.9. The van der Waals surface area contributed by atoms with Crippen molar-refractivity contribution in [1.29, 1.82) is 0 Å². The minimum Gasteiger partial charge on any atom is -0.352 e. The lowest BCUT2D eigenvalue weighted by Gasteiger charge is -2.28. The number of rotatable bonds is 3. The lowest BCUT2D eigenvalue weighted by atomic mass is 10.0. The van der Waals surface area contributed by atoms with E-state index in [1.54, 1.807) is 0 Å². The molecule has 1 heterocycles. The summed E-state index contributed by atoms with van der Waals surface area (Å²) in [6.07, 6.45) is 1.61. The van der Waals surface area contributed by atoms with Crippen LogP contribution in [0, 0.1) is 11.6 Å². The quantitative estimate of drug-likeness (QED) is 0.877. The minimum atomic E-state index is -0.675. The summed E-state index contributed by atoms with van der Waals surface area (Å²) in [6, 6.07) is 4.11. The molecule has 1 amide bonds. The first-order chi connectivity index (χ1) is 9.06. The molecule has 1 aliphatic rings. The number of carbonyl (C=O) groups excluding carboxylic acids is 1. The summed E-state index contributed by atoms with van der Waals surface area (Å²) in [6.45, 7) is 2.79. The van der Waals surface area contributed by atoms with Crippen LogP contribution < -0.4 is 10.6 Å². The normalized spacial score (nSPS) is 23.1. The van der Waals surface area contributed by atoms with Gasteiger partial charge >= 0.3 is 0 Å². The summed E-state index contributed by atoms with van der Waals surface area (Å²) >= 11 is 0. The fraction of sp³-hybridized carbons (Fsp3) is 0.500. The monoisotopic (exact) mass is 268 g/mol. The Labute approximate surface area is 111 Å². The van der Waals surface area contributed by atoms with Gasteiger partial charge in [-0.25, -0.2) is 8.78 Å². The average Bonchev–Trinajstić information content (AvgIpc) is 2.37. The Morgan fingerprint density at radius 1 is 1.37 bits per heavy atom. The smallest absolute Gasteiger partial charge is 0.224 e. The maximum atomic E-state index is 13.4. The summed E-state index contributed by atoms with van der Waals surface area (Å²) in [7, 11) is 0. The minimum absolute atomic E-state index is 0.0403. The zero-order chi connectivity index (χ0) is 13.8. The van der Waals surface area contributed by atoms with Crippen molar-refractivity contribution in [2.45, 2.75) is 38.3 Å². The van der Waals surface area contributed by atoms with Gasteiger partial charge in [-0.1, -0.05) is 6.07 Å². The first-order valence-corrected chi connectivity index (χ1v) is 6.52. The topological polar surface area (TPSA) is 41.1 Å². The number of piperidine rings is 1. The predicted octanol–water partition coefficient (Wildman–Crippen LogP) is 1.76. The highest BCUT2D eigenvalue weighted by Crippen LogP contribution is 2.13. The highest BCUT2D eigenvalue weighted by molar-refractivity contribution is 5.79. The van der Waals surface area contributed by atoms with Crippen molar-refractivity contribution in [3.05, 3.63) is 35.4 Å². The molecule has 0 bridgehead atoms. The maximum absolute atomic E-state index is 13.4. The van der Waals surface area contributed by atoms with Crippen molar-refractivity contribution in [2.24, 2.45) is 0 Å². The molecule has 0 radical (unpaired) electrons. The van der Waals surface area contributed by atoms with Crippen molar-refractivity contribution in [3.63, 3.8) is 0 Å². The van der Waals surface area contributed by atoms with E-state index in [4.69, 9.17) is 0 Å². The average molecular weight is 268 g/mol. The molecule has 3 nitrogen and oxygen atoms in total. The Kier molecular flexibility index (Phi) is 4.47.